The molecule has 2 spiro atoms. The van der Waals surface area contributed by atoms with Crippen LogP contribution in [0.4, 0.5) is 9.59 Å². The lowest BCUT2D eigenvalue weighted by molar-refractivity contribution is -0.139. The standard InChI is InChI=1S/C26H36N2O8/c1-3-19(29)33-13-15-35-23(31)27-17-5-9-25(10-6-17)21-22(25)26(21)11-7-18(8-12-26)28-24(32)36-16-14-34-20(30)4-2/h3-4,17-18,21-22H,1-2,5-16H2,(H,27,31)(H,28,32). The van der Waals surface area contributed by atoms with Crippen LogP contribution in [0.1, 0.15) is 51.4 Å². The van der Waals surface area contributed by atoms with Crippen molar-refractivity contribution in [1.29, 1.82) is 0 Å². The van der Waals surface area contributed by atoms with Crippen LogP contribution in [0, 0.1) is 22.7 Å². The van der Waals surface area contributed by atoms with Gasteiger partial charge in [0.05, 0.1) is 0 Å². The van der Waals surface area contributed by atoms with Crippen molar-refractivity contribution in [2.24, 2.45) is 22.7 Å². The smallest absolute Gasteiger partial charge is 0.407 e. The van der Waals surface area contributed by atoms with Gasteiger partial charge in [0.1, 0.15) is 26.4 Å². The number of carbonyl (C=O) groups excluding carboxylic acids is 4. The molecule has 2 amide bonds. The minimum atomic E-state index is -0.537. The molecule has 4 rings (SSSR count). The van der Waals surface area contributed by atoms with Crippen LogP contribution in [0.3, 0.4) is 0 Å². The highest BCUT2D eigenvalue weighted by atomic mass is 16.6. The molecule has 4 saturated carbocycles. The molecule has 10 heteroatoms. The molecule has 4 fully saturated rings. The van der Waals surface area contributed by atoms with Crippen LogP contribution in [-0.4, -0.2) is 62.6 Å². The highest BCUT2D eigenvalue weighted by Gasteiger charge is 2.89. The number of carbonyl (C=O) groups is 4. The maximum Gasteiger partial charge on any atom is 0.407 e. The fourth-order valence-corrected chi connectivity index (χ4v) is 6.96. The molecular weight excluding hydrogens is 468 g/mol. The van der Waals surface area contributed by atoms with E-state index in [0.29, 0.717) is 10.8 Å². The summed E-state index contributed by atoms with van der Waals surface area (Å²) in [7, 11) is 0. The summed E-state index contributed by atoms with van der Waals surface area (Å²) < 4.78 is 19.7. The highest BCUT2D eigenvalue weighted by Crippen LogP contribution is 2.94. The Hall–Kier alpha value is -3.04. The van der Waals surface area contributed by atoms with Crippen LogP contribution < -0.4 is 10.6 Å². The van der Waals surface area contributed by atoms with Crippen molar-refractivity contribution in [3.05, 3.63) is 25.3 Å². The molecule has 0 aromatic rings. The van der Waals surface area contributed by atoms with E-state index in [2.05, 4.69) is 23.8 Å². The average Bonchev–Trinajstić information content (AvgIpc) is 3.76. The van der Waals surface area contributed by atoms with Crippen molar-refractivity contribution < 1.29 is 38.1 Å². The molecule has 4 aliphatic carbocycles. The lowest BCUT2D eigenvalue weighted by Gasteiger charge is -2.43. The molecule has 0 aliphatic heterocycles. The maximum absolute atomic E-state index is 12.0. The normalized spacial score (nSPS) is 33.4. The summed E-state index contributed by atoms with van der Waals surface area (Å²) in [6.07, 6.45) is 9.59. The molecule has 36 heavy (non-hydrogen) atoms. The molecule has 0 aromatic carbocycles. The predicted molar refractivity (Wildman–Crippen MR) is 128 cm³/mol. The number of fused-ring (bicyclic) bond motifs is 5. The molecule has 0 radical (unpaired) electrons. The summed E-state index contributed by atoms with van der Waals surface area (Å²) in [5, 5.41) is 5.87. The Balaban J connectivity index is 1.07. The monoisotopic (exact) mass is 504 g/mol. The largest absolute Gasteiger partial charge is 0.459 e. The number of rotatable bonds is 10. The summed E-state index contributed by atoms with van der Waals surface area (Å²) in [6.45, 7) is 6.69. The molecule has 0 bridgehead atoms. The SMILES string of the molecule is C=CC(=O)OCCOC(=O)NC1CCC2(CC1)C1C2C12CCC(NC(=O)OCCOC(=O)C=C)CC2. The van der Waals surface area contributed by atoms with Gasteiger partial charge in [0, 0.05) is 24.2 Å². The number of esters is 2. The first kappa shape index (κ1) is 26.0. The molecule has 0 aromatic heterocycles. The van der Waals surface area contributed by atoms with Crippen molar-refractivity contribution in [1.82, 2.24) is 10.6 Å². The molecule has 0 saturated heterocycles. The average molecular weight is 505 g/mol. The zero-order valence-electron chi connectivity index (χ0n) is 20.6. The van der Waals surface area contributed by atoms with E-state index in [1.807, 2.05) is 0 Å². The third-order valence-electron chi connectivity index (χ3n) is 8.52. The van der Waals surface area contributed by atoms with Crippen molar-refractivity contribution in [2.45, 2.75) is 63.5 Å². The Morgan fingerprint density at radius 3 is 1.31 bits per heavy atom. The van der Waals surface area contributed by atoms with E-state index in [9.17, 15) is 19.2 Å². The molecule has 4 aliphatic rings. The number of alkyl carbamates (subject to hydrolysis) is 2. The van der Waals surface area contributed by atoms with Crippen molar-refractivity contribution >= 4 is 24.1 Å². The highest BCUT2D eigenvalue weighted by molar-refractivity contribution is 5.81. The number of hydrogen-bond donors (Lipinski definition) is 2. The van der Waals surface area contributed by atoms with E-state index in [0.717, 1.165) is 75.4 Å². The van der Waals surface area contributed by atoms with Gasteiger partial charge in [0.15, 0.2) is 0 Å². The molecule has 0 atom stereocenters. The van der Waals surface area contributed by atoms with Crippen LogP contribution in [0.5, 0.6) is 0 Å². The molecule has 10 nitrogen and oxygen atoms in total. The van der Waals surface area contributed by atoms with Gasteiger partial charge >= 0.3 is 24.1 Å². The van der Waals surface area contributed by atoms with Crippen molar-refractivity contribution in [3.63, 3.8) is 0 Å². The second-order valence-corrected chi connectivity index (χ2v) is 10.3. The molecule has 2 N–H and O–H groups in total. The third kappa shape index (κ3) is 5.52. The van der Waals surface area contributed by atoms with Gasteiger partial charge in [0.2, 0.25) is 0 Å². The Bertz CT molecular complexity index is 802. The second-order valence-electron chi connectivity index (χ2n) is 10.3. The third-order valence-corrected chi connectivity index (χ3v) is 8.52. The minimum Gasteiger partial charge on any atom is -0.459 e. The van der Waals surface area contributed by atoms with Gasteiger partial charge in [-0.25, -0.2) is 19.2 Å². The molecule has 0 heterocycles. The Morgan fingerprint density at radius 1 is 0.639 bits per heavy atom. The number of amides is 2. The second kappa shape index (κ2) is 10.9. The number of hydrogen-bond acceptors (Lipinski definition) is 8. The van der Waals surface area contributed by atoms with Crippen LogP contribution >= 0.6 is 0 Å². The zero-order chi connectivity index (χ0) is 25.8. The number of nitrogens with one attached hydrogen (secondary N) is 2. The Labute approximate surface area is 211 Å². The fourth-order valence-electron chi connectivity index (χ4n) is 6.96. The summed E-state index contributed by atoms with van der Waals surface area (Å²) in [5.74, 6) is 0.519. The number of ether oxygens (including phenoxy) is 4. The summed E-state index contributed by atoms with van der Waals surface area (Å²) in [4.78, 5) is 45.9. The van der Waals surface area contributed by atoms with Gasteiger partial charge in [-0.15, -0.1) is 0 Å². The topological polar surface area (TPSA) is 129 Å². The molecular formula is C26H36N2O8. The van der Waals surface area contributed by atoms with E-state index in [4.69, 9.17) is 18.9 Å². The lowest BCUT2D eigenvalue weighted by Crippen LogP contribution is -2.44. The van der Waals surface area contributed by atoms with Crippen molar-refractivity contribution in [2.75, 3.05) is 26.4 Å². The van der Waals surface area contributed by atoms with Crippen LogP contribution in [0.15, 0.2) is 25.3 Å². The van der Waals surface area contributed by atoms with Crippen molar-refractivity contribution in [3.8, 4) is 0 Å². The molecule has 198 valence electrons. The first-order valence-electron chi connectivity index (χ1n) is 12.8. The van der Waals surface area contributed by atoms with Gasteiger partial charge in [-0.3, -0.25) is 0 Å². The van der Waals surface area contributed by atoms with Crippen LogP contribution in [0.2, 0.25) is 0 Å². The minimum absolute atomic E-state index is 0.0162. The Morgan fingerprint density at radius 2 is 0.972 bits per heavy atom. The summed E-state index contributed by atoms with van der Waals surface area (Å²) in [6, 6.07) is 0.252. The summed E-state index contributed by atoms with van der Waals surface area (Å²) in [5.41, 5.74) is 0.923. The zero-order valence-corrected chi connectivity index (χ0v) is 20.6. The first-order chi connectivity index (χ1) is 17.3. The van der Waals surface area contributed by atoms with Crippen LogP contribution in [-0.2, 0) is 28.5 Å². The maximum atomic E-state index is 12.0. The summed E-state index contributed by atoms with van der Waals surface area (Å²) >= 11 is 0. The van der Waals surface area contributed by atoms with Gasteiger partial charge in [-0.05, 0) is 74.0 Å². The first-order valence-corrected chi connectivity index (χ1v) is 12.8. The van der Waals surface area contributed by atoms with E-state index in [-0.39, 0.29) is 38.5 Å². The van der Waals surface area contributed by atoms with Gasteiger partial charge in [-0.2, -0.15) is 0 Å². The van der Waals surface area contributed by atoms with E-state index < -0.39 is 24.1 Å². The quantitative estimate of drug-likeness (QED) is 0.201. The Kier molecular flexibility index (Phi) is 7.90. The van der Waals surface area contributed by atoms with Crippen LogP contribution in [0.25, 0.3) is 0 Å². The van der Waals surface area contributed by atoms with E-state index in [1.54, 1.807) is 0 Å². The fraction of sp³-hybridized carbons (Fsp3) is 0.692. The van der Waals surface area contributed by atoms with Gasteiger partial charge in [0.25, 0.3) is 0 Å². The van der Waals surface area contributed by atoms with E-state index >= 15 is 0 Å². The lowest BCUT2D eigenvalue weighted by atomic mass is 9.64. The van der Waals surface area contributed by atoms with Gasteiger partial charge < -0.3 is 29.6 Å². The molecule has 0 unspecified atom stereocenters. The predicted octanol–water partition coefficient (Wildman–Crippen LogP) is 3.01. The van der Waals surface area contributed by atoms with Gasteiger partial charge in [-0.1, -0.05) is 13.2 Å². The van der Waals surface area contributed by atoms with E-state index in [1.165, 1.54) is 0 Å².